The van der Waals surface area contributed by atoms with Crippen LogP contribution in [0.5, 0.6) is 11.6 Å². The summed E-state index contributed by atoms with van der Waals surface area (Å²) in [7, 11) is -3.57. The van der Waals surface area contributed by atoms with Gasteiger partial charge in [0.05, 0.1) is 22.5 Å². The van der Waals surface area contributed by atoms with Gasteiger partial charge in [-0.05, 0) is 36.4 Å². The second kappa shape index (κ2) is 9.05. The third-order valence-electron chi connectivity index (χ3n) is 3.89. The van der Waals surface area contributed by atoms with E-state index in [2.05, 4.69) is 15.0 Å². The van der Waals surface area contributed by atoms with Crippen LogP contribution in [-0.4, -0.2) is 25.6 Å². The Hall–Kier alpha value is -3.31. The lowest BCUT2D eigenvalue weighted by molar-refractivity contribution is -0.137. The molecule has 2 N–H and O–H groups in total. The van der Waals surface area contributed by atoms with E-state index in [0.717, 1.165) is 6.26 Å². The van der Waals surface area contributed by atoms with E-state index >= 15 is 0 Å². The third kappa shape index (κ3) is 6.11. The Morgan fingerprint density at radius 2 is 1.75 bits per heavy atom. The van der Waals surface area contributed by atoms with Crippen molar-refractivity contribution in [2.45, 2.75) is 6.18 Å². The highest BCUT2D eigenvalue weighted by molar-refractivity contribution is 7.92. The third-order valence-corrected chi connectivity index (χ3v) is 4.81. The number of carbonyl (C=O) groups is 1. The van der Waals surface area contributed by atoms with Gasteiger partial charge in [-0.15, -0.1) is 0 Å². The minimum Gasteiger partial charge on any atom is -0.437 e. The van der Waals surface area contributed by atoms with Crippen LogP contribution in [0, 0.1) is 0 Å². The number of hydrogen-bond acceptors (Lipinski definition) is 5. The minimum atomic E-state index is -4.75. The molecule has 7 nitrogen and oxygen atoms in total. The summed E-state index contributed by atoms with van der Waals surface area (Å²) in [6.45, 7) is 0. The van der Waals surface area contributed by atoms with Crippen molar-refractivity contribution in [1.82, 2.24) is 4.98 Å². The molecule has 2 aromatic carbocycles. The SMILES string of the molecule is CS(=O)(=O)Nc1cccc(NC(=O)c2cc(C(F)(F)F)cnc2Oc2ccccc2Cl)c1. The molecular weight excluding hydrogens is 471 g/mol. The number of ether oxygens (including phenoxy) is 1. The number of nitrogens with one attached hydrogen (secondary N) is 2. The predicted molar refractivity (Wildman–Crippen MR) is 114 cm³/mol. The van der Waals surface area contributed by atoms with Gasteiger partial charge in [0.2, 0.25) is 15.9 Å². The number of rotatable bonds is 6. The van der Waals surface area contributed by atoms with Crippen molar-refractivity contribution in [2.75, 3.05) is 16.3 Å². The number of para-hydroxylation sites is 1. The van der Waals surface area contributed by atoms with Crippen LogP contribution in [0.2, 0.25) is 5.02 Å². The van der Waals surface area contributed by atoms with Crippen LogP contribution in [0.4, 0.5) is 24.5 Å². The van der Waals surface area contributed by atoms with E-state index in [0.29, 0.717) is 12.3 Å². The standard InChI is InChI=1S/C20H15ClF3N3O4S/c1-32(29,30)27-14-6-4-5-13(10-14)26-18(28)15-9-12(20(22,23)24)11-25-19(15)31-17-8-3-2-7-16(17)21/h2-11,27H,1H3,(H,26,28). The molecule has 0 saturated heterocycles. The monoisotopic (exact) mass is 485 g/mol. The van der Waals surface area contributed by atoms with Crippen molar-refractivity contribution in [3.05, 3.63) is 76.9 Å². The first-order chi connectivity index (χ1) is 14.9. The van der Waals surface area contributed by atoms with Crippen molar-refractivity contribution in [3.63, 3.8) is 0 Å². The summed E-state index contributed by atoms with van der Waals surface area (Å²) < 4.78 is 70.1. The molecule has 3 aromatic rings. The van der Waals surface area contributed by atoms with Gasteiger partial charge in [-0.2, -0.15) is 13.2 Å². The van der Waals surface area contributed by atoms with Gasteiger partial charge in [-0.25, -0.2) is 13.4 Å². The molecule has 1 aromatic heterocycles. The van der Waals surface area contributed by atoms with Gasteiger partial charge < -0.3 is 10.1 Å². The lowest BCUT2D eigenvalue weighted by Gasteiger charge is -2.14. The first-order valence-electron chi connectivity index (χ1n) is 8.81. The average molecular weight is 486 g/mol. The van der Waals surface area contributed by atoms with Gasteiger partial charge in [-0.3, -0.25) is 9.52 Å². The molecule has 32 heavy (non-hydrogen) atoms. The number of alkyl halides is 3. The molecule has 0 bridgehead atoms. The van der Waals surface area contributed by atoms with Crippen LogP contribution in [0.25, 0.3) is 0 Å². The summed E-state index contributed by atoms with van der Waals surface area (Å²) in [5.74, 6) is -1.26. The predicted octanol–water partition coefficient (Wildman–Crippen LogP) is 5.17. The Balaban J connectivity index is 1.96. The van der Waals surface area contributed by atoms with Crippen molar-refractivity contribution >= 4 is 38.9 Å². The number of carbonyl (C=O) groups excluding carboxylic acids is 1. The average Bonchev–Trinajstić information content (AvgIpc) is 2.68. The zero-order valence-electron chi connectivity index (χ0n) is 16.3. The maximum Gasteiger partial charge on any atom is 0.417 e. The number of halogens is 4. The molecule has 0 aliphatic carbocycles. The summed E-state index contributed by atoms with van der Waals surface area (Å²) in [5.41, 5.74) is -1.37. The van der Waals surface area contributed by atoms with Gasteiger partial charge in [0.1, 0.15) is 11.3 Å². The molecule has 0 unspecified atom stereocenters. The molecule has 12 heteroatoms. The van der Waals surface area contributed by atoms with Gasteiger partial charge in [0.15, 0.2) is 0 Å². The minimum absolute atomic E-state index is 0.0924. The molecule has 1 amide bonds. The zero-order chi connectivity index (χ0) is 23.5. The maximum atomic E-state index is 13.2. The molecule has 1 heterocycles. The molecule has 3 rings (SSSR count). The molecule has 0 aliphatic heterocycles. The Kier molecular flexibility index (Phi) is 6.60. The number of hydrogen-bond donors (Lipinski definition) is 2. The number of benzene rings is 2. The number of pyridine rings is 1. The van der Waals surface area contributed by atoms with Crippen molar-refractivity contribution in [1.29, 1.82) is 0 Å². The van der Waals surface area contributed by atoms with E-state index in [9.17, 15) is 26.4 Å². The first-order valence-corrected chi connectivity index (χ1v) is 11.1. The quantitative estimate of drug-likeness (QED) is 0.502. The highest BCUT2D eigenvalue weighted by Crippen LogP contribution is 2.34. The van der Waals surface area contributed by atoms with E-state index in [1.54, 1.807) is 12.1 Å². The van der Waals surface area contributed by atoms with Gasteiger partial charge in [-0.1, -0.05) is 29.8 Å². The zero-order valence-corrected chi connectivity index (χ0v) is 17.8. The van der Waals surface area contributed by atoms with Crippen LogP contribution in [0.3, 0.4) is 0 Å². The van der Waals surface area contributed by atoms with E-state index in [1.807, 2.05) is 0 Å². The Morgan fingerprint density at radius 1 is 1.06 bits per heavy atom. The van der Waals surface area contributed by atoms with Crippen LogP contribution in [-0.2, 0) is 16.2 Å². The van der Waals surface area contributed by atoms with E-state index in [4.69, 9.17) is 16.3 Å². The Labute approximate surface area is 186 Å². The second-order valence-corrected chi connectivity index (χ2v) is 8.67. The summed E-state index contributed by atoms with van der Waals surface area (Å²) in [5, 5.41) is 2.58. The molecule has 0 saturated carbocycles. The summed E-state index contributed by atoms with van der Waals surface area (Å²) in [6.07, 6.45) is -3.26. The largest absolute Gasteiger partial charge is 0.437 e. The van der Waals surface area contributed by atoms with E-state index in [1.165, 1.54) is 36.4 Å². The Morgan fingerprint density at radius 3 is 2.41 bits per heavy atom. The molecule has 0 atom stereocenters. The first kappa shape index (κ1) is 23.4. The number of nitrogens with zero attached hydrogens (tertiary/aromatic N) is 1. The highest BCUT2D eigenvalue weighted by atomic mass is 35.5. The summed E-state index contributed by atoms with van der Waals surface area (Å²) in [6, 6.07) is 12.4. The van der Waals surface area contributed by atoms with Gasteiger partial charge in [0, 0.05) is 11.9 Å². The van der Waals surface area contributed by atoms with Crippen molar-refractivity contribution in [3.8, 4) is 11.6 Å². The molecule has 0 aliphatic rings. The number of anilines is 2. The number of aromatic nitrogens is 1. The molecule has 0 radical (unpaired) electrons. The normalized spacial score (nSPS) is 11.7. The van der Waals surface area contributed by atoms with Crippen molar-refractivity contribution < 1.29 is 31.1 Å². The maximum absolute atomic E-state index is 13.2. The van der Waals surface area contributed by atoms with Crippen LogP contribution in [0.15, 0.2) is 60.8 Å². The molecular formula is C20H15ClF3N3O4S. The number of amides is 1. The fourth-order valence-electron chi connectivity index (χ4n) is 2.56. The lowest BCUT2D eigenvalue weighted by Crippen LogP contribution is -2.16. The van der Waals surface area contributed by atoms with E-state index in [-0.39, 0.29) is 22.1 Å². The smallest absolute Gasteiger partial charge is 0.417 e. The van der Waals surface area contributed by atoms with Gasteiger partial charge in [0.25, 0.3) is 5.91 Å². The highest BCUT2D eigenvalue weighted by Gasteiger charge is 2.33. The van der Waals surface area contributed by atoms with Crippen LogP contribution in [0.1, 0.15) is 15.9 Å². The molecule has 0 fully saturated rings. The summed E-state index contributed by atoms with van der Waals surface area (Å²) >= 11 is 6.02. The Bertz CT molecular complexity index is 1270. The van der Waals surface area contributed by atoms with Crippen LogP contribution >= 0.6 is 11.6 Å². The van der Waals surface area contributed by atoms with E-state index < -0.39 is 39.1 Å². The molecule has 168 valence electrons. The topological polar surface area (TPSA) is 97.4 Å². The molecule has 0 spiro atoms. The van der Waals surface area contributed by atoms with Crippen molar-refractivity contribution in [2.24, 2.45) is 0 Å². The van der Waals surface area contributed by atoms with Gasteiger partial charge >= 0.3 is 6.18 Å². The second-order valence-electron chi connectivity index (χ2n) is 6.52. The summed E-state index contributed by atoms with van der Waals surface area (Å²) in [4.78, 5) is 16.5. The lowest BCUT2D eigenvalue weighted by atomic mass is 10.1. The van der Waals surface area contributed by atoms with Crippen LogP contribution < -0.4 is 14.8 Å². The number of sulfonamides is 1. The fraction of sp³-hybridized carbons (Fsp3) is 0.100. The fourth-order valence-corrected chi connectivity index (χ4v) is 3.29.